The van der Waals surface area contributed by atoms with E-state index in [-0.39, 0.29) is 22.7 Å². The van der Waals surface area contributed by atoms with E-state index in [1.165, 1.54) is 36.1 Å². The molecule has 0 saturated heterocycles. The summed E-state index contributed by atoms with van der Waals surface area (Å²) in [6, 6.07) is 18.2. The van der Waals surface area contributed by atoms with Crippen LogP contribution in [0.4, 0.5) is 5.69 Å². The normalized spacial score (nSPS) is 11.4. The number of aromatic nitrogens is 1. The standard InChI is InChI=1S/C26H24N2O5S/c1-17-9-11-22(18(2)13-17)27-25(29)16-28-15-24(34(31,32)20-7-5-4-6-8-20)26(30)21-14-19(33-3)10-12-23(21)28/h4-15H,16H2,1-3H3,(H,27,29). The van der Waals surface area contributed by atoms with Gasteiger partial charge >= 0.3 is 0 Å². The van der Waals surface area contributed by atoms with E-state index in [0.717, 1.165) is 11.1 Å². The van der Waals surface area contributed by atoms with Gasteiger partial charge in [0.1, 0.15) is 17.2 Å². The van der Waals surface area contributed by atoms with Gasteiger partial charge in [0.05, 0.1) is 22.9 Å². The second kappa shape index (κ2) is 9.15. The van der Waals surface area contributed by atoms with Gasteiger partial charge in [-0.2, -0.15) is 0 Å². The summed E-state index contributed by atoms with van der Waals surface area (Å²) >= 11 is 0. The number of carbonyl (C=O) groups excluding carboxylic acids is 1. The molecule has 3 aromatic carbocycles. The van der Waals surface area contributed by atoms with Crippen molar-refractivity contribution in [2.24, 2.45) is 0 Å². The minimum absolute atomic E-state index is 0.000581. The van der Waals surface area contributed by atoms with Crippen molar-refractivity contribution in [3.05, 3.63) is 94.3 Å². The Bertz CT molecular complexity index is 1560. The fraction of sp³-hybridized carbons (Fsp3) is 0.154. The highest BCUT2D eigenvalue weighted by Gasteiger charge is 2.24. The summed E-state index contributed by atoms with van der Waals surface area (Å²) in [4.78, 5) is 25.8. The highest BCUT2D eigenvalue weighted by Crippen LogP contribution is 2.24. The van der Waals surface area contributed by atoms with Gasteiger partial charge in [-0.05, 0) is 55.8 Å². The van der Waals surface area contributed by atoms with E-state index in [1.807, 2.05) is 32.0 Å². The number of anilines is 1. The van der Waals surface area contributed by atoms with Crippen LogP contribution >= 0.6 is 0 Å². The first-order valence-corrected chi connectivity index (χ1v) is 12.1. The summed E-state index contributed by atoms with van der Waals surface area (Å²) in [6.07, 6.45) is 1.24. The molecule has 0 spiro atoms. The van der Waals surface area contributed by atoms with E-state index in [2.05, 4.69) is 5.32 Å². The molecular formula is C26H24N2O5S. The van der Waals surface area contributed by atoms with Crippen LogP contribution in [0.1, 0.15) is 11.1 Å². The Morgan fingerprint density at radius 3 is 2.41 bits per heavy atom. The summed E-state index contributed by atoms with van der Waals surface area (Å²) in [5, 5.41) is 3.01. The Hall–Kier alpha value is -3.91. The van der Waals surface area contributed by atoms with Gasteiger partial charge in [0, 0.05) is 11.9 Å². The molecule has 0 aliphatic heterocycles. The van der Waals surface area contributed by atoms with Crippen molar-refractivity contribution in [3.8, 4) is 5.75 Å². The number of nitrogens with one attached hydrogen (secondary N) is 1. The highest BCUT2D eigenvalue weighted by atomic mass is 32.2. The van der Waals surface area contributed by atoms with Gasteiger partial charge in [-0.15, -0.1) is 0 Å². The van der Waals surface area contributed by atoms with Crippen LogP contribution in [0.25, 0.3) is 10.9 Å². The molecule has 1 heterocycles. The van der Waals surface area contributed by atoms with Crippen molar-refractivity contribution in [1.82, 2.24) is 4.57 Å². The maximum Gasteiger partial charge on any atom is 0.244 e. The third-order valence-electron chi connectivity index (χ3n) is 5.57. The minimum Gasteiger partial charge on any atom is -0.497 e. The zero-order valence-electron chi connectivity index (χ0n) is 19.0. The zero-order valence-corrected chi connectivity index (χ0v) is 19.8. The Kier molecular flexibility index (Phi) is 6.26. The molecule has 0 aliphatic rings. The quantitative estimate of drug-likeness (QED) is 0.452. The number of pyridine rings is 1. The lowest BCUT2D eigenvalue weighted by Crippen LogP contribution is -2.24. The number of amides is 1. The van der Waals surface area contributed by atoms with Crippen molar-refractivity contribution < 1.29 is 17.9 Å². The number of carbonyl (C=O) groups is 1. The molecule has 174 valence electrons. The molecule has 7 nitrogen and oxygen atoms in total. The van der Waals surface area contributed by atoms with Crippen LogP contribution in [-0.4, -0.2) is 26.0 Å². The number of benzene rings is 3. The number of hydrogen-bond acceptors (Lipinski definition) is 5. The first-order chi connectivity index (χ1) is 16.2. The average molecular weight is 477 g/mol. The van der Waals surface area contributed by atoms with E-state index < -0.39 is 20.2 Å². The van der Waals surface area contributed by atoms with Gasteiger partial charge < -0.3 is 14.6 Å². The molecule has 0 bridgehead atoms. The lowest BCUT2D eigenvalue weighted by atomic mass is 10.1. The van der Waals surface area contributed by atoms with Gasteiger partial charge in [-0.3, -0.25) is 9.59 Å². The Morgan fingerprint density at radius 1 is 1.00 bits per heavy atom. The number of aryl methyl sites for hydroxylation is 2. The molecule has 34 heavy (non-hydrogen) atoms. The SMILES string of the molecule is COc1ccc2c(c1)c(=O)c(S(=O)(=O)c1ccccc1)cn2CC(=O)Nc1ccc(C)cc1C. The van der Waals surface area contributed by atoms with Crippen molar-refractivity contribution in [2.75, 3.05) is 12.4 Å². The minimum atomic E-state index is -4.12. The monoisotopic (exact) mass is 476 g/mol. The van der Waals surface area contributed by atoms with Crippen molar-refractivity contribution >= 4 is 32.3 Å². The van der Waals surface area contributed by atoms with E-state index in [1.54, 1.807) is 30.3 Å². The molecule has 0 atom stereocenters. The van der Waals surface area contributed by atoms with E-state index in [9.17, 15) is 18.0 Å². The summed E-state index contributed by atoms with van der Waals surface area (Å²) in [6.45, 7) is 3.68. The largest absolute Gasteiger partial charge is 0.497 e. The number of ether oxygens (including phenoxy) is 1. The topological polar surface area (TPSA) is 94.5 Å². The van der Waals surface area contributed by atoms with Gasteiger partial charge in [-0.25, -0.2) is 8.42 Å². The molecule has 8 heteroatoms. The van der Waals surface area contributed by atoms with Crippen molar-refractivity contribution in [3.63, 3.8) is 0 Å². The predicted molar refractivity (Wildman–Crippen MR) is 131 cm³/mol. The number of nitrogens with zero attached hydrogens (tertiary/aromatic N) is 1. The summed E-state index contributed by atoms with van der Waals surface area (Å²) in [5.41, 5.74) is 2.43. The molecule has 1 amide bonds. The Morgan fingerprint density at radius 2 is 1.74 bits per heavy atom. The Balaban J connectivity index is 1.83. The molecule has 4 aromatic rings. The third-order valence-corrected chi connectivity index (χ3v) is 7.33. The van der Waals surface area contributed by atoms with Gasteiger partial charge in [0.25, 0.3) is 0 Å². The molecule has 0 aliphatic carbocycles. The number of methoxy groups -OCH3 is 1. The number of fused-ring (bicyclic) bond motifs is 1. The van der Waals surface area contributed by atoms with Crippen LogP contribution in [0.5, 0.6) is 5.75 Å². The highest BCUT2D eigenvalue weighted by molar-refractivity contribution is 7.91. The molecule has 4 rings (SSSR count). The van der Waals surface area contributed by atoms with Crippen LogP contribution in [0.2, 0.25) is 0 Å². The summed E-state index contributed by atoms with van der Waals surface area (Å²) in [7, 11) is -2.66. The van der Waals surface area contributed by atoms with Crippen LogP contribution in [0.15, 0.2) is 87.5 Å². The molecular weight excluding hydrogens is 452 g/mol. The third kappa shape index (κ3) is 4.45. The van der Waals surface area contributed by atoms with Gasteiger partial charge in [0.15, 0.2) is 0 Å². The van der Waals surface area contributed by atoms with Crippen LogP contribution < -0.4 is 15.5 Å². The molecule has 1 aromatic heterocycles. The number of sulfone groups is 1. The zero-order chi connectivity index (χ0) is 24.5. The van der Waals surface area contributed by atoms with Crippen LogP contribution in [0.3, 0.4) is 0 Å². The maximum atomic E-state index is 13.3. The van der Waals surface area contributed by atoms with Crippen molar-refractivity contribution in [2.45, 2.75) is 30.2 Å². The van der Waals surface area contributed by atoms with Crippen LogP contribution in [0, 0.1) is 13.8 Å². The van der Waals surface area contributed by atoms with Crippen LogP contribution in [-0.2, 0) is 21.2 Å². The molecule has 0 unspecified atom stereocenters. The second-order valence-electron chi connectivity index (χ2n) is 8.02. The van der Waals surface area contributed by atoms with Gasteiger partial charge in [0.2, 0.25) is 21.2 Å². The molecule has 0 fully saturated rings. The first kappa shape index (κ1) is 23.3. The maximum absolute atomic E-state index is 13.3. The number of rotatable bonds is 6. The van der Waals surface area contributed by atoms with E-state index in [0.29, 0.717) is 17.0 Å². The van der Waals surface area contributed by atoms with E-state index in [4.69, 9.17) is 4.74 Å². The average Bonchev–Trinajstić information content (AvgIpc) is 2.82. The molecule has 0 saturated carbocycles. The smallest absolute Gasteiger partial charge is 0.244 e. The predicted octanol–water partition coefficient (Wildman–Crippen LogP) is 4.10. The second-order valence-corrected chi connectivity index (χ2v) is 9.93. The van der Waals surface area contributed by atoms with Crippen molar-refractivity contribution in [1.29, 1.82) is 0 Å². The van der Waals surface area contributed by atoms with E-state index >= 15 is 0 Å². The Labute approximate surface area is 197 Å². The number of hydrogen-bond donors (Lipinski definition) is 1. The fourth-order valence-electron chi connectivity index (χ4n) is 3.82. The lowest BCUT2D eigenvalue weighted by Gasteiger charge is -2.15. The summed E-state index contributed by atoms with van der Waals surface area (Å²) in [5.74, 6) is 0.0564. The first-order valence-electron chi connectivity index (χ1n) is 10.6. The fourth-order valence-corrected chi connectivity index (χ4v) is 5.21. The lowest BCUT2D eigenvalue weighted by molar-refractivity contribution is -0.116. The molecule has 1 N–H and O–H groups in total. The van der Waals surface area contributed by atoms with Gasteiger partial charge in [-0.1, -0.05) is 35.9 Å². The summed E-state index contributed by atoms with van der Waals surface area (Å²) < 4.78 is 33.3. The molecule has 0 radical (unpaired) electrons.